The van der Waals surface area contributed by atoms with E-state index in [2.05, 4.69) is 39.5 Å². The molecule has 0 radical (unpaired) electrons. The first kappa shape index (κ1) is 21.0. The van der Waals surface area contributed by atoms with Gasteiger partial charge in [0.2, 0.25) is 0 Å². The molecule has 1 aliphatic carbocycles. The van der Waals surface area contributed by atoms with E-state index in [1.807, 2.05) is 6.07 Å². The highest BCUT2D eigenvalue weighted by Crippen LogP contribution is 2.39. The van der Waals surface area contributed by atoms with Crippen LogP contribution in [0, 0.1) is 0 Å². The summed E-state index contributed by atoms with van der Waals surface area (Å²) >= 11 is 0. The van der Waals surface area contributed by atoms with Crippen molar-refractivity contribution in [3.05, 3.63) is 66.0 Å². The molecule has 1 aromatic carbocycles. The van der Waals surface area contributed by atoms with Gasteiger partial charge in [-0.1, -0.05) is 30.3 Å². The number of nitrogens with zero attached hydrogens (tertiary/aromatic N) is 2. The van der Waals surface area contributed by atoms with Crippen molar-refractivity contribution in [2.24, 2.45) is 0 Å². The zero-order chi connectivity index (χ0) is 20.8. The van der Waals surface area contributed by atoms with E-state index in [1.165, 1.54) is 5.56 Å². The average molecular weight is 410 g/mol. The first-order valence-corrected chi connectivity index (χ1v) is 10.9. The van der Waals surface area contributed by atoms with Crippen LogP contribution in [-0.2, 0) is 10.2 Å². The standard InChI is InChI=1S/C24H31N3O3/c28-22-7-11-24(20-4-2-1-3-5-20,10-6-21(22)27-14-16-30-17-15-27)18-26-23(29)19-8-12-25-13-9-19/h1-5,8-9,12-13,21-22,28H,6-7,10-11,14-18H2,(H,26,29)/t21-,22-,24-/m1/s1. The molecule has 4 rings (SSSR count). The molecule has 6 heteroatoms. The van der Waals surface area contributed by atoms with Crippen LogP contribution in [0.3, 0.4) is 0 Å². The van der Waals surface area contributed by atoms with Crippen LogP contribution in [0.15, 0.2) is 54.9 Å². The molecule has 1 aliphatic heterocycles. The smallest absolute Gasteiger partial charge is 0.251 e. The number of morpholine rings is 1. The molecule has 30 heavy (non-hydrogen) atoms. The van der Waals surface area contributed by atoms with Crippen molar-refractivity contribution in [2.75, 3.05) is 32.8 Å². The van der Waals surface area contributed by atoms with Crippen LogP contribution >= 0.6 is 0 Å². The van der Waals surface area contributed by atoms with Gasteiger partial charge < -0.3 is 15.2 Å². The summed E-state index contributed by atoms with van der Waals surface area (Å²) < 4.78 is 5.50. The van der Waals surface area contributed by atoms with Crippen molar-refractivity contribution in [1.29, 1.82) is 0 Å². The second-order valence-electron chi connectivity index (χ2n) is 8.43. The number of aliphatic hydroxyl groups excluding tert-OH is 1. The van der Waals surface area contributed by atoms with E-state index in [9.17, 15) is 9.90 Å². The number of hydrogen-bond acceptors (Lipinski definition) is 5. The van der Waals surface area contributed by atoms with Crippen LogP contribution in [-0.4, -0.2) is 65.9 Å². The van der Waals surface area contributed by atoms with Crippen LogP contribution in [0.5, 0.6) is 0 Å². The third-order valence-electron chi connectivity index (χ3n) is 6.71. The summed E-state index contributed by atoms with van der Waals surface area (Å²) in [5.74, 6) is -0.0813. The Balaban J connectivity index is 1.53. The van der Waals surface area contributed by atoms with Crippen LogP contribution in [0.1, 0.15) is 41.6 Å². The molecule has 2 aliphatic rings. The molecule has 1 aromatic heterocycles. The molecule has 1 amide bonds. The summed E-state index contributed by atoms with van der Waals surface area (Å²) in [4.78, 5) is 19.1. The van der Waals surface area contributed by atoms with E-state index in [0.717, 1.165) is 52.0 Å². The van der Waals surface area contributed by atoms with E-state index in [1.54, 1.807) is 24.5 Å². The monoisotopic (exact) mass is 409 g/mol. The molecule has 0 spiro atoms. The molecule has 3 atom stereocenters. The maximum Gasteiger partial charge on any atom is 0.251 e. The van der Waals surface area contributed by atoms with E-state index < -0.39 is 0 Å². The van der Waals surface area contributed by atoms with Gasteiger partial charge in [-0.25, -0.2) is 0 Å². The topological polar surface area (TPSA) is 74.7 Å². The number of carbonyl (C=O) groups excluding carboxylic acids is 1. The molecule has 1 saturated carbocycles. The number of hydrogen-bond donors (Lipinski definition) is 2. The molecular weight excluding hydrogens is 378 g/mol. The molecule has 0 unspecified atom stereocenters. The van der Waals surface area contributed by atoms with E-state index in [-0.39, 0.29) is 23.5 Å². The predicted octanol–water partition coefficient (Wildman–Crippen LogP) is 2.39. The van der Waals surface area contributed by atoms with Crippen molar-refractivity contribution in [1.82, 2.24) is 15.2 Å². The zero-order valence-corrected chi connectivity index (χ0v) is 17.4. The van der Waals surface area contributed by atoms with Gasteiger partial charge in [-0.15, -0.1) is 0 Å². The van der Waals surface area contributed by atoms with Crippen LogP contribution in [0.4, 0.5) is 0 Å². The molecule has 160 valence electrons. The minimum Gasteiger partial charge on any atom is -0.391 e. The summed E-state index contributed by atoms with van der Waals surface area (Å²) in [6, 6.07) is 14.1. The van der Waals surface area contributed by atoms with E-state index in [0.29, 0.717) is 12.1 Å². The highest BCUT2D eigenvalue weighted by molar-refractivity contribution is 5.94. The number of aliphatic hydroxyl groups is 1. The van der Waals surface area contributed by atoms with Gasteiger partial charge in [0.1, 0.15) is 0 Å². The summed E-state index contributed by atoms with van der Waals surface area (Å²) in [7, 11) is 0. The van der Waals surface area contributed by atoms with E-state index in [4.69, 9.17) is 4.74 Å². The lowest BCUT2D eigenvalue weighted by atomic mass is 9.74. The van der Waals surface area contributed by atoms with Crippen molar-refractivity contribution in [2.45, 2.75) is 43.2 Å². The number of benzene rings is 1. The number of pyridine rings is 1. The van der Waals surface area contributed by atoms with Gasteiger partial charge in [0.05, 0.1) is 19.3 Å². The van der Waals surface area contributed by atoms with Gasteiger partial charge >= 0.3 is 0 Å². The van der Waals surface area contributed by atoms with Crippen molar-refractivity contribution in [3.63, 3.8) is 0 Å². The molecule has 2 heterocycles. The number of aromatic nitrogens is 1. The second kappa shape index (κ2) is 9.69. The number of ether oxygens (including phenoxy) is 1. The van der Waals surface area contributed by atoms with Gasteiger partial charge in [0, 0.05) is 49.0 Å². The maximum absolute atomic E-state index is 12.7. The van der Waals surface area contributed by atoms with Crippen molar-refractivity contribution in [3.8, 4) is 0 Å². The third-order valence-corrected chi connectivity index (χ3v) is 6.71. The highest BCUT2D eigenvalue weighted by atomic mass is 16.5. The summed E-state index contributed by atoms with van der Waals surface area (Å²) in [5, 5.41) is 14.1. The number of rotatable bonds is 5. The van der Waals surface area contributed by atoms with Crippen molar-refractivity contribution < 1.29 is 14.6 Å². The SMILES string of the molecule is O=C(NC[C@]1(c2ccccc2)CC[C@@H](O)[C@H](N2CCOCC2)CC1)c1ccncc1. The molecule has 6 nitrogen and oxygen atoms in total. The third kappa shape index (κ3) is 4.72. The Morgan fingerprint density at radius 3 is 2.53 bits per heavy atom. The lowest BCUT2D eigenvalue weighted by Gasteiger charge is -2.37. The fraction of sp³-hybridized carbons (Fsp3) is 0.500. The van der Waals surface area contributed by atoms with Crippen LogP contribution in [0.25, 0.3) is 0 Å². The minimum atomic E-state index is -0.357. The Morgan fingerprint density at radius 1 is 1.10 bits per heavy atom. The summed E-state index contributed by atoms with van der Waals surface area (Å²) in [5.41, 5.74) is 1.66. The van der Waals surface area contributed by atoms with Gasteiger partial charge in [-0.2, -0.15) is 0 Å². The van der Waals surface area contributed by atoms with Gasteiger partial charge in [0.25, 0.3) is 5.91 Å². The zero-order valence-electron chi connectivity index (χ0n) is 17.4. The van der Waals surface area contributed by atoms with E-state index >= 15 is 0 Å². The first-order chi connectivity index (χ1) is 14.7. The van der Waals surface area contributed by atoms with Gasteiger partial charge in [-0.05, 0) is 43.4 Å². The molecule has 1 saturated heterocycles. The highest BCUT2D eigenvalue weighted by Gasteiger charge is 2.40. The van der Waals surface area contributed by atoms with Gasteiger partial charge in [0.15, 0.2) is 0 Å². The van der Waals surface area contributed by atoms with Crippen LogP contribution in [0.2, 0.25) is 0 Å². The Morgan fingerprint density at radius 2 is 1.80 bits per heavy atom. The fourth-order valence-corrected chi connectivity index (χ4v) is 4.91. The summed E-state index contributed by atoms with van der Waals surface area (Å²) in [6.45, 7) is 3.77. The Bertz CT molecular complexity index is 811. The minimum absolute atomic E-state index is 0.0813. The predicted molar refractivity (Wildman–Crippen MR) is 115 cm³/mol. The Hall–Kier alpha value is -2.28. The second-order valence-corrected chi connectivity index (χ2v) is 8.43. The molecule has 2 N–H and O–H groups in total. The number of nitrogens with one attached hydrogen (secondary N) is 1. The van der Waals surface area contributed by atoms with Crippen molar-refractivity contribution >= 4 is 5.91 Å². The Kier molecular flexibility index (Phi) is 6.77. The molecule has 2 fully saturated rings. The lowest BCUT2D eigenvalue weighted by molar-refractivity contribution is -0.0236. The maximum atomic E-state index is 12.7. The fourth-order valence-electron chi connectivity index (χ4n) is 4.91. The molecule has 2 aromatic rings. The average Bonchev–Trinajstić information content (AvgIpc) is 2.99. The molecular formula is C24H31N3O3. The number of carbonyl (C=O) groups is 1. The Labute approximate surface area is 178 Å². The number of amides is 1. The first-order valence-electron chi connectivity index (χ1n) is 10.9. The molecule has 0 bridgehead atoms. The lowest BCUT2D eigenvalue weighted by Crippen LogP contribution is -2.48. The normalized spacial score (nSPS) is 27.9. The quantitative estimate of drug-likeness (QED) is 0.742. The van der Waals surface area contributed by atoms with Crippen LogP contribution < -0.4 is 5.32 Å². The van der Waals surface area contributed by atoms with Gasteiger partial charge in [-0.3, -0.25) is 14.7 Å². The summed E-state index contributed by atoms with van der Waals surface area (Å²) in [6.07, 6.45) is 6.31. The largest absolute Gasteiger partial charge is 0.391 e.